The van der Waals surface area contributed by atoms with Crippen LogP contribution in [0.2, 0.25) is 0 Å². The second-order valence-electron chi connectivity index (χ2n) is 4.40. The molecule has 0 bridgehead atoms. The van der Waals surface area contributed by atoms with Crippen molar-refractivity contribution in [3.05, 3.63) is 12.4 Å². The molecule has 96 valence electrons. The number of nitrogens with zero attached hydrogens (tertiary/aromatic N) is 2. The minimum Gasteiger partial charge on any atom is -0.383 e. The van der Waals surface area contributed by atoms with Crippen molar-refractivity contribution in [2.45, 2.75) is 19.4 Å². The van der Waals surface area contributed by atoms with Crippen LogP contribution in [-0.2, 0) is 16.0 Å². The Hall–Kier alpha value is -1.07. The maximum absolute atomic E-state index is 5.46. The maximum Gasteiger partial charge on any atom is 0.202 e. The van der Waals surface area contributed by atoms with Crippen molar-refractivity contribution in [3.63, 3.8) is 0 Å². The van der Waals surface area contributed by atoms with Gasteiger partial charge in [-0.25, -0.2) is 4.98 Å². The highest BCUT2D eigenvalue weighted by Crippen LogP contribution is 2.14. The summed E-state index contributed by atoms with van der Waals surface area (Å²) in [4.78, 5) is 4.31. The van der Waals surface area contributed by atoms with Crippen LogP contribution in [0.15, 0.2) is 12.4 Å². The van der Waals surface area contributed by atoms with Crippen molar-refractivity contribution in [2.24, 2.45) is 5.92 Å². The molecule has 2 heterocycles. The smallest absolute Gasteiger partial charge is 0.202 e. The second kappa shape index (κ2) is 6.61. The van der Waals surface area contributed by atoms with Gasteiger partial charge in [0.05, 0.1) is 13.2 Å². The summed E-state index contributed by atoms with van der Waals surface area (Å²) in [6, 6.07) is 0. The topological polar surface area (TPSA) is 48.3 Å². The normalized spacial score (nSPS) is 20.4. The molecule has 1 aromatic rings. The van der Waals surface area contributed by atoms with E-state index in [1.165, 1.54) is 12.8 Å². The molecule has 1 unspecified atom stereocenters. The summed E-state index contributed by atoms with van der Waals surface area (Å²) in [5.41, 5.74) is 0. The van der Waals surface area contributed by atoms with E-state index in [9.17, 15) is 0 Å². The van der Waals surface area contributed by atoms with Gasteiger partial charge in [0.15, 0.2) is 0 Å². The lowest BCUT2D eigenvalue weighted by atomic mass is 10.0. The zero-order valence-corrected chi connectivity index (χ0v) is 10.4. The van der Waals surface area contributed by atoms with Crippen molar-refractivity contribution in [3.8, 4) is 0 Å². The van der Waals surface area contributed by atoms with E-state index in [-0.39, 0.29) is 0 Å². The maximum atomic E-state index is 5.46. The van der Waals surface area contributed by atoms with Gasteiger partial charge in [0.2, 0.25) is 5.95 Å². The third-order valence-electron chi connectivity index (χ3n) is 3.06. The number of nitrogens with one attached hydrogen (secondary N) is 1. The van der Waals surface area contributed by atoms with E-state index >= 15 is 0 Å². The standard InChI is InChI=1S/C12H21N3O2/c1-16-8-6-15-5-4-13-12(15)14-9-11-3-2-7-17-10-11/h4-5,11H,2-3,6-10H2,1H3,(H,13,14). The number of rotatable bonds is 6. The number of methoxy groups -OCH3 is 1. The summed E-state index contributed by atoms with van der Waals surface area (Å²) in [6.07, 6.45) is 6.20. The summed E-state index contributed by atoms with van der Waals surface area (Å²) < 4.78 is 12.6. The quantitative estimate of drug-likeness (QED) is 0.814. The Labute approximate surface area is 102 Å². The molecule has 0 amide bonds. The Morgan fingerprint density at radius 1 is 1.65 bits per heavy atom. The molecular weight excluding hydrogens is 218 g/mol. The predicted molar refractivity (Wildman–Crippen MR) is 66.1 cm³/mol. The van der Waals surface area contributed by atoms with E-state index in [0.29, 0.717) is 12.5 Å². The van der Waals surface area contributed by atoms with Gasteiger partial charge in [0, 0.05) is 39.2 Å². The van der Waals surface area contributed by atoms with Crippen molar-refractivity contribution < 1.29 is 9.47 Å². The first-order chi connectivity index (χ1) is 8.40. The largest absolute Gasteiger partial charge is 0.383 e. The number of aromatic nitrogens is 2. The van der Waals surface area contributed by atoms with Crippen LogP contribution in [0.5, 0.6) is 0 Å². The molecular formula is C12H21N3O2. The van der Waals surface area contributed by atoms with Crippen LogP contribution in [0.25, 0.3) is 0 Å². The predicted octanol–water partition coefficient (Wildman–Crippen LogP) is 1.37. The van der Waals surface area contributed by atoms with E-state index in [0.717, 1.165) is 32.3 Å². The van der Waals surface area contributed by atoms with Gasteiger partial charge in [-0.05, 0) is 18.8 Å². The average Bonchev–Trinajstić information content (AvgIpc) is 2.82. The first-order valence-corrected chi connectivity index (χ1v) is 6.22. The molecule has 5 heteroatoms. The molecule has 1 fully saturated rings. The van der Waals surface area contributed by atoms with Crippen LogP contribution in [0.3, 0.4) is 0 Å². The zero-order chi connectivity index (χ0) is 11.9. The molecule has 17 heavy (non-hydrogen) atoms. The van der Waals surface area contributed by atoms with Crippen molar-refractivity contribution in [1.29, 1.82) is 0 Å². The molecule has 5 nitrogen and oxygen atoms in total. The van der Waals surface area contributed by atoms with Crippen LogP contribution in [0, 0.1) is 5.92 Å². The highest BCUT2D eigenvalue weighted by Gasteiger charge is 2.14. The molecule has 1 aromatic heterocycles. The Balaban J connectivity index is 1.79. The number of hydrogen-bond donors (Lipinski definition) is 1. The summed E-state index contributed by atoms with van der Waals surface area (Å²) in [6.45, 7) is 4.26. The van der Waals surface area contributed by atoms with Crippen LogP contribution >= 0.6 is 0 Å². The van der Waals surface area contributed by atoms with Gasteiger partial charge in [-0.15, -0.1) is 0 Å². The van der Waals surface area contributed by atoms with Crippen molar-refractivity contribution >= 4 is 5.95 Å². The second-order valence-corrected chi connectivity index (χ2v) is 4.40. The molecule has 0 aliphatic carbocycles. The Bertz CT molecular complexity index is 321. The SMILES string of the molecule is COCCn1ccnc1NCC1CCCOC1. The van der Waals surface area contributed by atoms with Gasteiger partial charge < -0.3 is 19.4 Å². The zero-order valence-electron chi connectivity index (χ0n) is 10.4. The van der Waals surface area contributed by atoms with E-state index < -0.39 is 0 Å². The third kappa shape index (κ3) is 3.71. The molecule has 0 aromatic carbocycles. The highest BCUT2D eigenvalue weighted by molar-refractivity contribution is 5.25. The molecule has 1 atom stereocenters. The van der Waals surface area contributed by atoms with Gasteiger partial charge in [0.25, 0.3) is 0 Å². The fraction of sp³-hybridized carbons (Fsp3) is 0.750. The van der Waals surface area contributed by atoms with Gasteiger partial charge in [-0.3, -0.25) is 0 Å². The van der Waals surface area contributed by atoms with Crippen molar-refractivity contribution in [1.82, 2.24) is 9.55 Å². The Morgan fingerprint density at radius 2 is 2.59 bits per heavy atom. The highest BCUT2D eigenvalue weighted by atomic mass is 16.5. The fourth-order valence-electron chi connectivity index (χ4n) is 2.05. The lowest BCUT2D eigenvalue weighted by Gasteiger charge is -2.22. The minimum atomic E-state index is 0.608. The molecule has 1 N–H and O–H groups in total. The van der Waals surface area contributed by atoms with Gasteiger partial charge >= 0.3 is 0 Å². The molecule has 1 aliphatic heterocycles. The summed E-state index contributed by atoms with van der Waals surface area (Å²) in [5, 5.41) is 3.39. The van der Waals surface area contributed by atoms with E-state index in [1.54, 1.807) is 7.11 Å². The molecule has 0 spiro atoms. The summed E-state index contributed by atoms with van der Waals surface area (Å²) >= 11 is 0. The number of ether oxygens (including phenoxy) is 2. The summed E-state index contributed by atoms with van der Waals surface area (Å²) in [5.74, 6) is 1.53. The van der Waals surface area contributed by atoms with Crippen LogP contribution in [0.4, 0.5) is 5.95 Å². The fourth-order valence-corrected chi connectivity index (χ4v) is 2.05. The Morgan fingerprint density at radius 3 is 3.35 bits per heavy atom. The van der Waals surface area contributed by atoms with E-state index in [1.807, 2.05) is 12.4 Å². The van der Waals surface area contributed by atoms with Crippen LogP contribution in [0.1, 0.15) is 12.8 Å². The minimum absolute atomic E-state index is 0.608. The first-order valence-electron chi connectivity index (χ1n) is 6.22. The Kier molecular flexibility index (Phi) is 4.82. The van der Waals surface area contributed by atoms with Gasteiger partial charge in [-0.1, -0.05) is 0 Å². The number of anilines is 1. The van der Waals surface area contributed by atoms with Gasteiger partial charge in [-0.2, -0.15) is 0 Å². The van der Waals surface area contributed by atoms with Gasteiger partial charge in [0.1, 0.15) is 0 Å². The molecule has 1 aliphatic rings. The molecule has 2 rings (SSSR count). The lowest BCUT2D eigenvalue weighted by molar-refractivity contribution is 0.0594. The molecule has 0 saturated carbocycles. The average molecular weight is 239 g/mol. The van der Waals surface area contributed by atoms with E-state index in [2.05, 4.69) is 14.9 Å². The first kappa shape index (κ1) is 12.4. The van der Waals surface area contributed by atoms with E-state index in [4.69, 9.17) is 9.47 Å². The van der Waals surface area contributed by atoms with Crippen LogP contribution in [-0.4, -0.2) is 43.0 Å². The summed E-state index contributed by atoms with van der Waals surface area (Å²) in [7, 11) is 1.71. The third-order valence-corrected chi connectivity index (χ3v) is 3.06. The van der Waals surface area contributed by atoms with Crippen molar-refractivity contribution in [2.75, 3.05) is 38.8 Å². The number of hydrogen-bond acceptors (Lipinski definition) is 4. The monoisotopic (exact) mass is 239 g/mol. The molecule has 0 radical (unpaired) electrons. The molecule has 1 saturated heterocycles. The van der Waals surface area contributed by atoms with Crippen LogP contribution < -0.4 is 5.32 Å². The number of imidazole rings is 1. The lowest BCUT2D eigenvalue weighted by Crippen LogP contribution is -2.25.